The molecule has 0 aliphatic heterocycles. The van der Waals surface area contributed by atoms with Gasteiger partial charge in [-0.3, -0.25) is 4.79 Å². The van der Waals surface area contributed by atoms with Crippen molar-refractivity contribution in [1.82, 2.24) is 0 Å². The highest BCUT2D eigenvalue weighted by Crippen LogP contribution is 2.42. The lowest BCUT2D eigenvalue weighted by molar-refractivity contribution is -0.200. The number of allylic oxidation sites excluding steroid dienone is 2. The molecule has 2 nitrogen and oxygen atoms in total. The molecule has 17 heavy (non-hydrogen) atoms. The van der Waals surface area contributed by atoms with Crippen molar-refractivity contribution < 1.29 is 22.7 Å². The second kappa shape index (κ2) is 4.29. The Bertz CT molecular complexity index is 348. The summed E-state index contributed by atoms with van der Waals surface area (Å²) in [7, 11) is 0. The number of halogens is 3. The molecular weight excluding hydrogens is 233 g/mol. The quantitative estimate of drug-likeness (QED) is 0.765. The first kappa shape index (κ1) is 12.4. The molecule has 0 spiro atoms. The van der Waals surface area contributed by atoms with Gasteiger partial charge >= 0.3 is 6.18 Å². The van der Waals surface area contributed by atoms with Crippen LogP contribution in [0, 0.1) is 5.92 Å². The summed E-state index contributed by atoms with van der Waals surface area (Å²) in [5.74, 6) is -0.166. The third kappa shape index (κ3) is 2.77. The molecule has 2 rings (SSSR count). The first-order valence-electron chi connectivity index (χ1n) is 5.54. The standard InChI is InChI=1S/C12H13F3O2/c13-12(14,15)8-17-11(9-2-1-3-9)6-4-10(16)5-7-11/h4-7,9H,1-3,8H2. The van der Waals surface area contributed by atoms with Crippen molar-refractivity contribution >= 4 is 5.78 Å². The predicted octanol–water partition coefficient (Wildman–Crippen LogP) is 2.80. The normalized spacial score (nSPS) is 23.8. The van der Waals surface area contributed by atoms with Crippen molar-refractivity contribution in [3.05, 3.63) is 24.3 Å². The van der Waals surface area contributed by atoms with Gasteiger partial charge in [0.15, 0.2) is 5.78 Å². The minimum absolute atomic E-state index is 0.0467. The second-order valence-electron chi connectivity index (χ2n) is 4.45. The maximum atomic E-state index is 12.2. The lowest BCUT2D eigenvalue weighted by Gasteiger charge is -2.42. The van der Waals surface area contributed by atoms with E-state index in [0.29, 0.717) is 0 Å². The van der Waals surface area contributed by atoms with Gasteiger partial charge in [0, 0.05) is 0 Å². The fourth-order valence-electron chi connectivity index (χ4n) is 2.09. The highest BCUT2D eigenvalue weighted by molar-refractivity contribution is 6.00. The number of alkyl halides is 3. The van der Waals surface area contributed by atoms with Gasteiger partial charge < -0.3 is 4.74 Å². The number of rotatable bonds is 3. The highest BCUT2D eigenvalue weighted by Gasteiger charge is 2.43. The third-order valence-electron chi connectivity index (χ3n) is 3.25. The Morgan fingerprint density at radius 3 is 2.29 bits per heavy atom. The zero-order valence-corrected chi connectivity index (χ0v) is 9.17. The van der Waals surface area contributed by atoms with Crippen LogP contribution in [0.15, 0.2) is 24.3 Å². The molecule has 0 saturated heterocycles. The van der Waals surface area contributed by atoms with E-state index in [1.54, 1.807) is 0 Å². The molecule has 0 aromatic rings. The number of ether oxygens (including phenoxy) is 1. The van der Waals surface area contributed by atoms with Gasteiger partial charge in [-0.1, -0.05) is 6.42 Å². The lowest BCUT2D eigenvalue weighted by Crippen LogP contribution is -2.44. The lowest BCUT2D eigenvalue weighted by atomic mass is 9.71. The largest absolute Gasteiger partial charge is 0.411 e. The van der Waals surface area contributed by atoms with E-state index in [4.69, 9.17) is 4.74 Å². The molecule has 5 heteroatoms. The van der Waals surface area contributed by atoms with E-state index in [2.05, 4.69) is 0 Å². The monoisotopic (exact) mass is 246 g/mol. The number of hydrogen-bond donors (Lipinski definition) is 0. The summed E-state index contributed by atoms with van der Waals surface area (Å²) in [5, 5.41) is 0. The summed E-state index contributed by atoms with van der Waals surface area (Å²) in [6.07, 6.45) is 3.82. The van der Waals surface area contributed by atoms with Crippen LogP contribution in [0.3, 0.4) is 0 Å². The smallest absolute Gasteiger partial charge is 0.357 e. The molecule has 2 aliphatic carbocycles. The summed E-state index contributed by atoms with van der Waals surface area (Å²) in [6.45, 7) is -1.29. The molecule has 0 bridgehead atoms. The Kier molecular flexibility index (Phi) is 3.12. The topological polar surface area (TPSA) is 26.3 Å². The Labute approximate surface area is 97.1 Å². The molecule has 0 radical (unpaired) electrons. The minimum atomic E-state index is -4.35. The van der Waals surface area contributed by atoms with Gasteiger partial charge in [0.1, 0.15) is 12.2 Å². The van der Waals surface area contributed by atoms with Crippen LogP contribution >= 0.6 is 0 Å². The van der Waals surface area contributed by atoms with Crippen LogP contribution in [0.5, 0.6) is 0 Å². The summed E-state index contributed by atoms with van der Waals surface area (Å²) in [6, 6.07) is 0. The van der Waals surface area contributed by atoms with Crippen LogP contribution in [0.4, 0.5) is 13.2 Å². The van der Waals surface area contributed by atoms with E-state index in [-0.39, 0.29) is 11.7 Å². The average molecular weight is 246 g/mol. The molecule has 94 valence electrons. The van der Waals surface area contributed by atoms with Crippen LogP contribution in [0.1, 0.15) is 19.3 Å². The second-order valence-corrected chi connectivity index (χ2v) is 4.45. The first-order chi connectivity index (χ1) is 7.91. The van der Waals surface area contributed by atoms with Crippen LogP contribution in [-0.2, 0) is 9.53 Å². The minimum Gasteiger partial charge on any atom is -0.357 e. The molecule has 1 fully saturated rings. The van der Waals surface area contributed by atoms with E-state index in [9.17, 15) is 18.0 Å². The van der Waals surface area contributed by atoms with Crippen molar-refractivity contribution in [2.45, 2.75) is 31.0 Å². The maximum absolute atomic E-state index is 12.2. The molecule has 0 amide bonds. The van der Waals surface area contributed by atoms with Crippen LogP contribution in [0.25, 0.3) is 0 Å². The van der Waals surface area contributed by atoms with E-state index in [1.165, 1.54) is 24.3 Å². The van der Waals surface area contributed by atoms with Gasteiger partial charge in [-0.25, -0.2) is 0 Å². The Hall–Kier alpha value is -1.10. The molecule has 0 aromatic heterocycles. The highest BCUT2D eigenvalue weighted by atomic mass is 19.4. The zero-order chi connectivity index (χ0) is 12.5. The number of carbonyl (C=O) groups excluding carboxylic acids is 1. The molecule has 2 aliphatic rings. The van der Waals surface area contributed by atoms with Crippen LogP contribution in [-0.4, -0.2) is 24.2 Å². The van der Waals surface area contributed by atoms with Gasteiger partial charge in [-0.2, -0.15) is 13.2 Å². The van der Waals surface area contributed by atoms with Crippen LogP contribution in [0.2, 0.25) is 0 Å². The Balaban J connectivity index is 2.11. The molecule has 0 heterocycles. The van der Waals surface area contributed by atoms with Crippen LogP contribution < -0.4 is 0 Å². The molecule has 0 unspecified atom stereocenters. The SMILES string of the molecule is O=C1C=CC(OCC(F)(F)F)(C2CCC2)C=C1. The van der Waals surface area contributed by atoms with E-state index >= 15 is 0 Å². The van der Waals surface area contributed by atoms with E-state index in [1.807, 2.05) is 0 Å². The summed E-state index contributed by atoms with van der Waals surface area (Å²) in [4.78, 5) is 11.0. The molecule has 1 saturated carbocycles. The molecule has 0 N–H and O–H groups in total. The summed E-state index contributed by atoms with van der Waals surface area (Å²) >= 11 is 0. The third-order valence-corrected chi connectivity index (χ3v) is 3.25. The zero-order valence-electron chi connectivity index (χ0n) is 9.17. The molecule has 0 aromatic carbocycles. The number of hydrogen-bond acceptors (Lipinski definition) is 2. The van der Waals surface area contributed by atoms with Gasteiger partial charge in [0.2, 0.25) is 0 Å². The van der Waals surface area contributed by atoms with Crippen molar-refractivity contribution in [3.63, 3.8) is 0 Å². The number of ketones is 1. The van der Waals surface area contributed by atoms with Crippen molar-refractivity contribution in [2.24, 2.45) is 5.92 Å². The summed E-state index contributed by atoms with van der Waals surface area (Å²) in [5.41, 5.74) is -1.04. The predicted molar refractivity (Wildman–Crippen MR) is 55.4 cm³/mol. The van der Waals surface area contributed by atoms with Gasteiger partial charge in [-0.15, -0.1) is 0 Å². The van der Waals surface area contributed by atoms with Gasteiger partial charge in [-0.05, 0) is 43.1 Å². The molecular formula is C12H13F3O2. The fourth-order valence-corrected chi connectivity index (χ4v) is 2.09. The Morgan fingerprint density at radius 1 is 1.29 bits per heavy atom. The number of carbonyl (C=O) groups is 1. The van der Waals surface area contributed by atoms with E-state index in [0.717, 1.165) is 19.3 Å². The van der Waals surface area contributed by atoms with Gasteiger partial charge in [0.25, 0.3) is 0 Å². The van der Waals surface area contributed by atoms with Gasteiger partial charge in [0.05, 0.1) is 0 Å². The van der Waals surface area contributed by atoms with Crippen molar-refractivity contribution in [3.8, 4) is 0 Å². The van der Waals surface area contributed by atoms with Crippen molar-refractivity contribution in [2.75, 3.05) is 6.61 Å². The van der Waals surface area contributed by atoms with E-state index < -0.39 is 18.4 Å². The first-order valence-corrected chi connectivity index (χ1v) is 5.54. The summed E-state index contributed by atoms with van der Waals surface area (Å²) < 4.78 is 41.6. The maximum Gasteiger partial charge on any atom is 0.411 e. The average Bonchev–Trinajstić information content (AvgIpc) is 2.16. The fraction of sp³-hybridized carbons (Fsp3) is 0.583. The van der Waals surface area contributed by atoms with Crippen molar-refractivity contribution in [1.29, 1.82) is 0 Å². The Morgan fingerprint density at radius 2 is 1.88 bits per heavy atom. The molecule has 0 atom stereocenters.